The Morgan fingerprint density at radius 3 is 2.92 bits per heavy atom. The van der Waals surface area contributed by atoms with Crippen LogP contribution in [0.15, 0.2) is 24.8 Å². The number of hydrogen-bond donors (Lipinski definition) is 0. The van der Waals surface area contributed by atoms with Gasteiger partial charge in [0, 0.05) is 68.8 Å². The number of anilines is 1. The number of rotatable bonds is 4. The van der Waals surface area contributed by atoms with Gasteiger partial charge in [0.25, 0.3) is 0 Å². The normalized spacial score (nSPS) is 16.1. The van der Waals surface area contributed by atoms with E-state index in [0.29, 0.717) is 11.9 Å². The summed E-state index contributed by atoms with van der Waals surface area (Å²) in [5, 5.41) is 1.08. The third-order valence-corrected chi connectivity index (χ3v) is 6.54. The molecule has 0 spiro atoms. The quantitative estimate of drug-likeness (QED) is 0.381. The SMILES string of the molecule is CC.CN(c1ncnc2c1ccn2SI)C1CCn2cc(CCl)nc2C1. The number of nitrogens with zero attached hydrogens (tertiary/aromatic N) is 6. The van der Waals surface area contributed by atoms with Crippen molar-refractivity contribution in [2.45, 2.75) is 45.2 Å². The van der Waals surface area contributed by atoms with Gasteiger partial charge in [0.2, 0.25) is 0 Å². The number of halogens is 2. The largest absolute Gasteiger partial charge is 0.356 e. The van der Waals surface area contributed by atoms with Crippen LogP contribution in [0, 0.1) is 0 Å². The van der Waals surface area contributed by atoms with Crippen molar-refractivity contribution in [3.8, 4) is 0 Å². The van der Waals surface area contributed by atoms with Gasteiger partial charge >= 0.3 is 0 Å². The highest BCUT2D eigenvalue weighted by molar-refractivity contribution is 14.2. The maximum Gasteiger partial charge on any atom is 0.156 e. The average molecular weight is 505 g/mol. The van der Waals surface area contributed by atoms with E-state index >= 15 is 0 Å². The standard InChI is InChI=1S/C15H16ClIN6S.C2H6/c1-21(11-2-4-22-8-10(7-16)20-13(22)6-11)14-12-3-5-23(24-17)15(12)19-9-18-14;1-2/h3,5,8-9,11H,2,4,6-7H2,1H3;1-2H3. The molecule has 0 amide bonds. The van der Waals surface area contributed by atoms with Crippen molar-refractivity contribution >= 4 is 58.8 Å². The van der Waals surface area contributed by atoms with Crippen LogP contribution in [0.5, 0.6) is 0 Å². The van der Waals surface area contributed by atoms with Crippen molar-refractivity contribution in [3.63, 3.8) is 0 Å². The van der Waals surface area contributed by atoms with Crippen LogP contribution in [0.2, 0.25) is 0 Å². The number of fused-ring (bicyclic) bond motifs is 2. The molecule has 1 atom stereocenters. The fourth-order valence-corrected chi connectivity index (χ4v) is 4.69. The van der Waals surface area contributed by atoms with E-state index in [0.717, 1.165) is 47.8 Å². The van der Waals surface area contributed by atoms with Gasteiger partial charge in [-0.05, 0) is 12.5 Å². The summed E-state index contributed by atoms with van der Waals surface area (Å²) in [5.74, 6) is 2.56. The molecular weight excluding hydrogens is 483 g/mol. The smallest absolute Gasteiger partial charge is 0.156 e. The Balaban J connectivity index is 0.000000948. The van der Waals surface area contributed by atoms with Crippen molar-refractivity contribution in [2.24, 2.45) is 0 Å². The first-order valence-corrected chi connectivity index (χ1v) is 12.5. The number of likely N-dealkylation sites (N-methyl/N-ethyl adjacent to an activating group) is 1. The number of alkyl halides is 1. The van der Waals surface area contributed by atoms with Crippen molar-refractivity contribution in [1.82, 2.24) is 23.5 Å². The van der Waals surface area contributed by atoms with Crippen LogP contribution in [-0.4, -0.2) is 36.6 Å². The maximum atomic E-state index is 5.91. The van der Waals surface area contributed by atoms with E-state index in [1.165, 1.54) is 0 Å². The van der Waals surface area contributed by atoms with E-state index in [4.69, 9.17) is 11.6 Å². The molecule has 0 bridgehead atoms. The molecule has 3 aromatic heterocycles. The van der Waals surface area contributed by atoms with Gasteiger partial charge in [0.15, 0.2) is 5.65 Å². The molecule has 9 heteroatoms. The zero-order valence-electron chi connectivity index (χ0n) is 15.1. The summed E-state index contributed by atoms with van der Waals surface area (Å²) < 4.78 is 4.27. The summed E-state index contributed by atoms with van der Waals surface area (Å²) in [4.78, 5) is 15.9. The molecular formula is C17H22ClIN6S. The Hall–Kier alpha value is -1.000. The Morgan fingerprint density at radius 2 is 2.19 bits per heavy atom. The van der Waals surface area contributed by atoms with Gasteiger partial charge in [-0.1, -0.05) is 13.8 Å². The van der Waals surface area contributed by atoms with Crippen molar-refractivity contribution in [3.05, 3.63) is 36.3 Å². The number of aryl methyl sites for hydroxylation is 1. The average Bonchev–Trinajstić information content (AvgIpc) is 3.31. The molecule has 26 heavy (non-hydrogen) atoms. The van der Waals surface area contributed by atoms with E-state index in [2.05, 4.69) is 68.9 Å². The lowest BCUT2D eigenvalue weighted by Gasteiger charge is -2.32. The second-order valence-electron chi connectivity index (χ2n) is 5.88. The third kappa shape index (κ3) is 3.68. The van der Waals surface area contributed by atoms with E-state index in [1.807, 2.05) is 20.0 Å². The van der Waals surface area contributed by atoms with Crippen LogP contribution in [0.25, 0.3) is 11.0 Å². The molecule has 140 valence electrons. The van der Waals surface area contributed by atoms with Crippen LogP contribution >= 0.6 is 41.9 Å². The van der Waals surface area contributed by atoms with E-state index in [9.17, 15) is 0 Å². The highest BCUT2D eigenvalue weighted by atomic mass is 127. The number of hydrogen-bond acceptors (Lipinski definition) is 5. The summed E-state index contributed by atoms with van der Waals surface area (Å²) in [7, 11) is 3.72. The molecule has 0 N–H and O–H groups in total. The Morgan fingerprint density at radius 1 is 1.38 bits per heavy atom. The first kappa shape index (κ1) is 19.8. The van der Waals surface area contributed by atoms with Crippen molar-refractivity contribution < 1.29 is 0 Å². The van der Waals surface area contributed by atoms with Gasteiger partial charge in [-0.3, -0.25) is 3.97 Å². The molecule has 0 aliphatic carbocycles. The van der Waals surface area contributed by atoms with Gasteiger partial charge < -0.3 is 9.47 Å². The molecule has 1 aliphatic rings. The van der Waals surface area contributed by atoms with Crippen LogP contribution in [0.3, 0.4) is 0 Å². The highest BCUT2D eigenvalue weighted by Crippen LogP contribution is 2.30. The van der Waals surface area contributed by atoms with Crippen LogP contribution in [0.4, 0.5) is 5.82 Å². The Kier molecular flexibility index (Phi) is 6.68. The van der Waals surface area contributed by atoms with Gasteiger partial charge in [-0.25, -0.2) is 15.0 Å². The zero-order valence-corrected chi connectivity index (χ0v) is 18.8. The summed E-state index contributed by atoms with van der Waals surface area (Å²) >= 11 is 8.18. The Labute approximate surface area is 175 Å². The summed E-state index contributed by atoms with van der Waals surface area (Å²) in [5.41, 5.74) is 1.91. The number of aromatic nitrogens is 5. The predicted molar refractivity (Wildman–Crippen MR) is 118 cm³/mol. The van der Waals surface area contributed by atoms with E-state index in [-0.39, 0.29) is 0 Å². The maximum absolute atomic E-state index is 5.91. The molecule has 1 aliphatic heterocycles. The van der Waals surface area contributed by atoms with Crippen LogP contribution in [-0.2, 0) is 18.8 Å². The van der Waals surface area contributed by atoms with Gasteiger partial charge in [0.05, 0.1) is 17.0 Å². The molecule has 0 radical (unpaired) electrons. The molecule has 6 nitrogen and oxygen atoms in total. The first-order chi connectivity index (χ1) is 12.7. The molecule has 4 rings (SSSR count). The third-order valence-electron chi connectivity index (χ3n) is 4.55. The van der Waals surface area contributed by atoms with Crippen molar-refractivity contribution in [2.75, 3.05) is 11.9 Å². The monoisotopic (exact) mass is 504 g/mol. The van der Waals surface area contributed by atoms with E-state index < -0.39 is 0 Å². The second kappa shape index (κ2) is 8.79. The van der Waals surface area contributed by atoms with Crippen LogP contribution < -0.4 is 4.90 Å². The molecule has 4 heterocycles. The fourth-order valence-electron chi connectivity index (χ4n) is 3.29. The lowest BCUT2D eigenvalue weighted by Crippen LogP contribution is -2.38. The number of imidazole rings is 1. The molecule has 1 unspecified atom stereocenters. The van der Waals surface area contributed by atoms with Crippen molar-refractivity contribution in [1.29, 1.82) is 0 Å². The lowest BCUT2D eigenvalue weighted by molar-refractivity contribution is 0.448. The minimum atomic E-state index is 0.372. The van der Waals surface area contributed by atoms with Crippen LogP contribution in [0.1, 0.15) is 31.8 Å². The molecule has 0 fully saturated rings. The Bertz CT molecular complexity index is 879. The second-order valence-corrected chi connectivity index (χ2v) is 7.86. The molecule has 0 aromatic carbocycles. The minimum absolute atomic E-state index is 0.372. The molecule has 0 saturated heterocycles. The lowest BCUT2D eigenvalue weighted by atomic mass is 10.0. The molecule has 0 saturated carbocycles. The highest BCUT2D eigenvalue weighted by Gasteiger charge is 2.26. The summed E-state index contributed by atoms with van der Waals surface area (Å²) in [6.45, 7) is 4.97. The minimum Gasteiger partial charge on any atom is -0.356 e. The van der Waals surface area contributed by atoms with Gasteiger partial charge in [0.1, 0.15) is 18.0 Å². The first-order valence-electron chi connectivity index (χ1n) is 8.66. The fraction of sp³-hybridized carbons (Fsp3) is 0.471. The molecule has 3 aromatic rings. The van der Waals surface area contributed by atoms with Gasteiger partial charge in [-0.2, -0.15) is 0 Å². The van der Waals surface area contributed by atoms with E-state index in [1.54, 1.807) is 15.4 Å². The van der Waals surface area contributed by atoms with Gasteiger partial charge in [-0.15, -0.1) is 11.6 Å². The predicted octanol–water partition coefficient (Wildman–Crippen LogP) is 4.69. The summed E-state index contributed by atoms with van der Waals surface area (Å²) in [6.07, 6.45) is 7.72. The zero-order chi connectivity index (χ0) is 18.7. The summed E-state index contributed by atoms with van der Waals surface area (Å²) in [6, 6.07) is 2.46. The topological polar surface area (TPSA) is 51.8 Å².